The number of carbonyl (C=O) groups excluding carboxylic acids is 1. The van der Waals surface area contributed by atoms with E-state index in [9.17, 15) is 13.2 Å². The first-order valence-corrected chi connectivity index (χ1v) is 8.66. The van der Waals surface area contributed by atoms with E-state index in [4.69, 9.17) is 0 Å². The Hall–Kier alpha value is -0.660. The van der Waals surface area contributed by atoms with Crippen LogP contribution in [0.15, 0.2) is 0 Å². The number of nitrogens with one attached hydrogen (secondary N) is 1. The molecule has 2 atom stereocenters. The summed E-state index contributed by atoms with van der Waals surface area (Å²) in [5.74, 6) is -0.262. The predicted octanol–water partition coefficient (Wildman–Crippen LogP) is 0.810. The van der Waals surface area contributed by atoms with Crippen molar-refractivity contribution in [3.63, 3.8) is 0 Å². The predicted molar refractivity (Wildman–Crippen MR) is 79.4 cm³/mol. The fourth-order valence-electron chi connectivity index (χ4n) is 2.46. The van der Waals surface area contributed by atoms with E-state index < -0.39 is 10.2 Å². The third kappa shape index (κ3) is 4.43. The highest BCUT2D eigenvalue weighted by Gasteiger charge is 2.33. The zero-order valence-electron chi connectivity index (χ0n) is 12.9. The average Bonchev–Trinajstić information content (AvgIpc) is 2.38. The Bertz CT molecular complexity index is 423. The Morgan fingerprint density at radius 2 is 2.10 bits per heavy atom. The van der Waals surface area contributed by atoms with Crippen LogP contribution in [0, 0.1) is 5.92 Å². The minimum absolute atomic E-state index is 0.0235. The maximum atomic E-state index is 12.2. The minimum atomic E-state index is -3.42. The smallest absolute Gasteiger partial charge is 0.281 e. The van der Waals surface area contributed by atoms with Crippen LogP contribution in [0.25, 0.3) is 0 Å². The van der Waals surface area contributed by atoms with Crippen LogP contribution in [0.3, 0.4) is 0 Å². The quantitative estimate of drug-likeness (QED) is 0.789. The van der Waals surface area contributed by atoms with E-state index in [1.54, 1.807) is 0 Å². The molecular formula is C13H27N3O3S. The summed E-state index contributed by atoms with van der Waals surface area (Å²) < 4.78 is 26.8. The largest absolute Gasteiger partial charge is 0.353 e. The molecule has 1 aliphatic heterocycles. The summed E-state index contributed by atoms with van der Waals surface area (Å²) in [5.41, 5.74) is 0. The van der Waals surface area contributed by atoms with Crippen molar-refractivity contribution in [1.82, 2.24) is 13.9 Å². The normalized spacial score (nSPS) is 22.8. The molecule has 0 radical (unpaired) electrons. The molecule has 1 amide bonds. The molecule has 1 fully saturated rings. The molecule has 0 aliphatic carbocycles. The number of piperidine rings is 1. The molecule has 0 aromatic carbocycles. The van der Waals surface area contributed by atoms with E-state index in [1.807, 2.05) is 6.92 Å². The van der Waals surface area contributed by atoms with Crippen molar-refractivity contribution in [2.24, 2.45) is 5.92 Å². The Morgan fingerprint density at radius 1 is 1.45 bits per heavy atom. The molecule has 0 aromatic rings. The third-order valence-electron chi connectivity index (χ3n) is 3.65. The van der Waals surface area contributed by atoms with Crippen LogP contribution in [0.2, 0.25) is 0 Å². The first-order valence-electron chi connectivity index (χ1n) is 7.27. The maximum Gasteiger partial charge on any atom is 0.281 e. The van der Waals surface area contributed by atoms with Crippen LogP contribution in [0.4, 0.5) is 0 Å². The van der Waals surface area contributed by atoms with Gasteiger partial charge in [0.05, 0.1) is 5.92 Å². The SMILES string of the molecule is CCC[C@@H](C)NC(=O)[C@@H]1CCCN(S(=O)(=O)N(C)C)C1. The number of hydrogen-bond acceptors (Lipinski definition) is 3. The zero-order valence-corrected chi connectivity index (χ0v) is 13.7. The zero-order chi connectivity index (χ0) is 15.3. The lowest BCUT2D eigenvalue weighted by Crippen LogP contribution is -2.49. The fourth-order valence-corrected chi connectivity index (χ4v) is 3.65. The third-order valence-corrected chi connectivity index (χ3v) is 5.56. The van der Waals surface area contributed by atoms with Crippen molar-refractivity contribution in [2.45, 2.75) is 45.6 Å². The molecule has 0 bridgehead atoms. The van der Waals surface area contributed by atoms with Gasteiger partial charge in [-0.1, -0.05) is 13.3 Å². The van der Waals surface area contributed by atoms with E-state index in [1.165, 1.54) is 22.7 Å². The lowest BCUT2D eigenvalue weighted by molar-refractivity contribution is -0.126. The highest BCUT2D eigenvalue weighted by atomic mass is 32.2. The standard InChI is InChI=1S/C13H27N3O3S/c1-5-7-11(2)14-13(17)12-8-6-9-16(10-12)20(18,19)15(3)4/h11-12H,5-10H2,1-4H3,(H,14,17)/t11-,12-/m1/s1. The molecule has 1 aliphatic rings. The van der Waals surface area contributed by atoms with Gasteiger partial charge in [-0.25, -0.2) is 0 Å². The van der Waals surface area contributed by atoms with Gasteiger partial charge in [0.1, 0.15) is 0 Å². The van der Waals surface area contributed by atoms with Crippen LogP contribution in [-0.2, 0) is 15.0 Å². The number of hydrogen-bond donors (Lipinski definition) is 1. The molecule has 20 heavy (non-hydrogen) atoms. The molecule has 6 nitrogen and oxygen atoms in total. The highest BCUT2D eigenvalue weighted by Crippen LogP contribution is 2.20. The van der Waals surface area contributed by atoms with E-state index in [0.717, 1.165) is 25.7 Å². The van der Waals surface area contributed by atoms with E-state index in [2.05, 4.69) is 12.2 Å². The number of nitrogens with zero attached hydrogens (tertiary/aromatic N) is 2. The molecule has 0 unspecified atom stereocenters. The van der Waals surface area contributed by atoms with Gasteiger partial charge in [0.25, 0.3) is 10.2 Å². The van der Waals surface area contributed by atoms with E-state index in [-0.39, 0.29) is 24.4 Å². The van der Waals surface area contributed by atoms with Gasteiger partial charge in [0.2, 0.25) is 5.91 Å². The Balaban J connectivity index is 2.63. The lowest BCUT2D eigenvalue weighted by Gasteiger charge is -2.33. The number of amides is 1. The van der Waals surface area contributed by atoms with E-state index >= 15 is 0 Å². The Labute approximate surface area is 122 Å². The van der Waals surface area contributed by atoms with Gasteiger partial charge < -0.3 is 5.32 Å². The Kier molecular flexibility index (Phi) is 6.42. The maximum absolute atomic E-state index is 12.2. The fraction of sp³-hybridized carbons (Fsp3) is 0.923. The van der Waals surface area contributed by atoms with Crippen LogP contribution in [0.5, 0.6) is 0 Å². The molecule has 1 saturated heterocycles. The summed E-state index contributed by atoms with van der Waals surface area (Å²) in [4.78, 5) is 12.2. The van der Waals surface area contributed by atoms with Crippen LogP contribution < -0.4 is 5.32 Å². The van der Waals surface area contributed by atoms with Crippen LogP contribution in [0.1, 0.15) is 39.5 Å². The average molecular weight is 305 g/mol. The van der Waals surface area contributed by atoms with Gasteiger partial charge in [-0.2, -0.15) is 17.0 Å². The second-order valence-corrected chi connectivity index (χ2v) is 7.83. The van der Waals surface area contributed by atoms with Crippen molar-refractivity contribution in [1.29, 1.82) is 0 Å². The molecule has 0 aromatic heterocycles. The summed E-state index contributed by atoms with van der Waals surface area (Å²) in [5, 5.41) is 2.98. The number of carbonyl (C=O) groups is 1. The van der Waals surface area contributed by atoms with Crippen LogP contribution >= 0.6 is 0 Å². The molecule has 0 saturated carbocycles. The van der Waals surface area contributed by atoms with Gasteiger partial charge in [-0.05, 0) is 26.2 Å². The summed E-state index contributed by atoms with van der Waals surface area (Å²) in [7, 11) is -0.386. The Morgan fingerprint density at radius 3 is 2.65 bits per heavy atom. The first-order chi connectivity index (χ1) is 9.28. The van der Waals surface area contributed by atoms with Crippen molar-refractivity contribution < 1.29 is 13.2 Å². The summed E-state index contributed by atoms with van der Waals surface area (Å²) in [6.45, 7) is 4.84. The molecule has 0 spiro atoms. The first kappa shape index (κ1) is 17.4. The van der Waals surface area contributed by atoms with Crippen LogP contribution in [-0.4, -0.2) is 56.2 Å². The van der Waals surface area contributed by atoms with Crippen molar-refractivity contribution >= 4 is 16.1 Å². The highest BCUT2D eigenvalue weighted by molar-refractivity contribution is 7.86. The van der Waals surface area contributed by atoms with Crippen molar-refractivity contribution in [3.8, 4) is 0 Å². The second-order valence-electron chi connectivity index (χ2n) is 5.69. The van der Waals surface area contributed by atoms with Gasteiger partial charge in [-0.15, -0.1) is 0 Å². The van der Waals surface area contributed by atoms with Crippen molar-refractivity contribution in [3.05, 3.63) is 0 Å². The van der Waals surface area contributed by atoms with Crippen molar-refractivity contribution in [2.75, 3.05) is 27.2 Å². The molecular weight excluding hydrogens is 278 g/mol. The molecule has 118 valence electrons. The molecule has 1 N–H and O–H groups in total. The molecule has 7 heteroatoms. The second kappa shape index (κ2) is 7.38. The monoisotopic (exact) mass is 305 g/mol. The molecule has 1 heterocycles. The molecule has 1 rings (SSSR count). The van der Waals surface area contributed by atoms with E-state index in [0.29, 0.717) is 6.54 Å². The minimum Gasteiger partial charge on any atom is -0.353 e. The topological polar surface area (TPSA) is 69.7 Å². The van der Waals surface area contributed by atoms with Gasteiger partial charge >= 0.3 is 0 Å². The summed E-state index contributed by atoms with van der Waals surface area (Å²) in [6.07, 6.45) is 3.45. The van der Waals surface area contributed by atoms with Gasteiger partial charge in [0.15, 0.2) is 0 Å². The number of rotatable bonds is 6. The summed E-state index contributed by atoms with van der Waals surface area (Å²) >= 11 is 0. The lowest BCUT2D eigenvalue weighted by atomic mass is 9.98. The van der Waals surface area contributed by atoms with Gasteiger partial charge in [-0.3, -0.25) is 4.79 Å². The van der Waals surface area contributed by atoms with Gasteiger partial charge in [0, 0.05) is 33.2 Å². The summed E-state index contributed by atoms with van der Waals surface area (Å²) in [6, 6.07) is 0.147.